The first-order valence-electron chi connectivity index (χ1n) is 25.5. The molecule has 0 unspecified atom stereocenters. The summed E-state index contributed by atoms with van der Waals surface area (Å²) in [6.07, 6.45) is 6.50. The summed E-state index contributed by atoms with van der Waals surface area (Å²) in [5.74, 6) is 2.99. The van der Waals surface area contributed by atoms with Crippen molar-refractivity contribution in [3.63, 3.8) is 0 Å². The van der Waals surface area contributed by atoms with Crippen LogP contribution in [0.4, 0.5) is 0 Å². The van der Waals surface area contributed by atoms with E-state index in [4.69, 9.17) is 13.3 Å². The van der Waals surface area contributed by atoms with Gasteiger partial charge in [0, 0.05) is 65.2 Å². The number of benzene rings is 5. The van der Waals surface area contributed by atoms with E-state index in [0.717, 1.165) is 47.2 Å². The first-order chi connectivity index (χ1) is 40.2. The molecule has 9 heterocycles. The molecule has 0 aliphatic heterocycles. The molecule has 0 fully saturated rings. The van der Waals surface area contributed by atoms with Crippen LogP contribution in [0.1, 0.15) is 4.88 Å². The van der Waals surface area contributed by atoms with Gasteiger partial charge < -0.3 is 38.8 Å². The second-order valence-corrected chi connectivity index (χ2v) is 21.1. The third kappa shape index (κ3) is 18.0. The van der Waals surface area contributed by atoms with Gasteiger partial charge in [0.15, 0.2) is 11.5 Å². The molecule has 5 aromatic carbocycles. The Bertz CT molecular complexity index is 4160. The van der Waals surface area contributed by atoms with Crippen molar-refractivity contribution >= 4 is 124 Å². The predicted octanol–water partition coefficient (Wildman–Crippen LogP) is 13.8. The van der Waals surface area contributed by atoms with Crippen LogP contribution in [0.15, 0.2) is 274 Å². The summed E-state index contributed by atoms with van der Waals surface area (Å²) in [6, 6.07) is 70.3. The van der Waals surface area contributed by atoms with E-state index >= 15 is 0 Å². The molecule has 0 radical (unpaired) electrons. The molecule has 0 saturated heterocycles. The molecule has 14 rings (SSSR count). The van der Waals surface area contributed by atoms with E-state index in [0.29, 0.717) is 51.1 Å². The smallest absolute Gasteiger partial charge is 0.872 e. The predicted molar refractivity (Wildman–Crippen MR) is 348 cm³/mol. The van der Waals surface area contributed by atoms with Crippen molar-refractivity contribution in [2.75, 3.05) is 0 Å². The Balaban J connectivity index is 0.000000197. The minimum atomic E-state index is -0.153. The number of nitrogens with zero attached hydrogens (tertiary/aromatic N) is 3. The normalized spacial score (nSPS) is 9.90. The topological polar surface area (TPSA) is 193 Å². The van der Waals surface area contributed by atoms with Crippen molar-refractivity contribution in [2.24, 2.45) is 0 Å². The number of hydrogen-bond acceptors (Lipinski definition) is 14. The van der Waals surface area contributed by atoms with Crippen LogP contribution in [0.25, 0.3) is 98.3 Å². The molecule has 0 spiro atoms. The molecular formula is C68H46Be2Ga3N3O8S3+8. The van der Waals surface area contributed by atoms with Crippen LogP contribution >= 0.6 is 34.0 Å². The number of aryl methyl sites for hydroxylation is 1. The number of hydrogen-bond donors (Lipinski definition) is 0. The molecule has 0 amide bonds. The molecule has 14 aromatic rings. The fourth-order valence-electron chi connectivity index (χ4n) is 8.32. The van der Waals surface area contributed by atoms with E-state index in [1.54, 1.807) is 119 Å². The largest absolute Gasteiger partial charge is 3.00 e. The van der Waals surface area contributed by atoms with Gasteiger partial charge in [0.05, 0.1) is 6.26 Å². The van der Waals surface area contributed by atoms with Crippen molar-refractivity contribution in [3.05, 3.63) is 266 Å². The quantitative estimate of drug-likeness (QED) is 0.131. The van der Waals surface area contributed by atoms with Crippen LogP contribution in [0.3, 0.4) is 0 Å². The van der Waals surface area contributed by atoms with Crippen LogP contribution in [-0.4, -0.2) is 94.6 Å². The monoisotopic (exact) mass is 1350 g/mol. The van der Waals surface area contributed by atoms with E-state index in [1.807, 2.05) is 151 Å². The van der Waals surface area contributed by atoms with Gasteiger partial charge in [-0.3, -0.25) is 15.0 Å². The van der Waals surface area contributed by atoms with E-state index in [-0.39, 0.29) is 108 Å². The maximum absolute atomic E-state index is 12.2. The minimum absolute atomic E-state index is 0. The number of aromatic nitrogens is 3. The van der Waals surface area contributed by atoms with E-state index in [2.05, 4.69) is 27.9 Å². The number of para-hydroxylation sites is 2. The van der Waals surface area contributed by atoms with Crippen molar-refractivity contribution < 1.29 is 38.8 Å². The molecule has 0 aliphatic carbocycles. The number of fused-ring (bicyclic) bond motifs is 1. The van der Waals surface area contributed by atoms with Gasteiger partial charge >= 0.3 is 79.6 Å². The number of rotatable bonds is 8. The maximum Gasteiger partial charge on any atom is 3.00 e. The SMILES string of the molecule is Cc1ccc(-c2sc(-c3ccccc3)cc2[O-])s1.[Be+2].[Be+2].[Ga+3].[Ga+3].[Ga+3].[O-]c1c(-c2ccco2)ccc2ccccc12.[O-]c1ccccc1-c1ccc(-c2ccccn2)o1.[O-]c1ccccc1-c1ccc(-c2ccccn2)o1.[O-]c1ncccc1-c1cccs1. The van der Waals surface area contributed by atoms with Crippen molar-refractivity contribution in [1.29, 1.82) is 0 Å². The summed E-state index contributed by atoms with van der Waals surface area (Å²) < 4.78 is 16.6. The first kappa shape index (κ1) is 69.8. The van der Waals surface area contributed by atoms with Gasteiger partial charge in [-0.15, -0.1) is 34.0 Å². The zero-order chi connectivity index (χ0) is 56.6. The second kappa shape index (κ2) is 34.4. The molecule has 0 bridgehead atoms. The number of thiophene rings is 3. The first-order valence-corrected chi connectivity index (χ1v) is 28.0. The molecule has 11 nitrogen and oxygen atoms in total. The van der Waals surface area contributed by atoms with Gasteiger partial charge in [0.2, 0.25) is 0 Å². The standard InChI is InChI=1S/2C15H11NO2.C15H12OS2.C14H10O2.C9H7NOS.2Be.3Ga/c2*17-13-7-2-1-5-11(13)14-8-9-15(18-14)12-6-3-4-10-16-12;1-10-7-8-13(17-10)15-12(16)9-14(18-15)11-5-3-2-4-6-11;15-14-11-5-2-1-4-10(11)7-8-12(14)13-6-3-9-16-13;11-9-7(3-1-5-10-9)8-4-2-6-12-8;;;;;/h2*1-10,17H;2-9,16H,1H3;1-9,15H;1-6H,(H,10,11);;;;;/q;;;;;2*+2;3*+3/p-5. The Morgan fingerprint density at radius 3 is 1.49 bits per heavy atom. The van der Waals surface area contributed by atoms with Crippen LogP contribution in [-0.2, 0) is 0 Å². The second-order valence-electron chi connectivity index (χ2n) is 17.8. The molecule has 0 atom stereocenters. The molecule has 0 saturated carbocycles. The molecule has 404 valence electrons. The Morgan fingerprint density at radius 1 is 0.391 bits per heavy atom. The van der Waals surface area contributed by atoms with Gasteiger partial charge in [0.25, 0.3) is 0 Å². The molecule has 19 heteroatoms. The Hall–Kier alpha value is -8.00. The fourth-order valence-corrected chi connectivity index (χ4v) is 11.1. The average Bonchev–Trinajstić information content (AvgIpc) is 2.99. The van der Waals surface area contributed by atoms with Gasteiger partial charge in [-0.2, -0.15) is 0 Å². The van der Waals surface area contributed by atoms with Crippen molar-refractivity contribution in [2.45, 2.75) is 6.92 Å². The Kier molecular flexibility index (Phi) is 27.6. The van der Waals surface area contributed by atoms with Gasteiger partial charge in [0.1, 0.15) is 28.7 Å². The number of furan rings is 3. The van der Waals surface area contributed by atoms with Gasteiger partial charge in [-0.1, -0.05) is 169 Å². The van der Waals surface area contributed by atoms with Crippen LogP contribution in [0.2, 0.25) is 0 Å². The van der Waals surface area contributed by atoms with Crippen molar-refractivity contribution in [3.8, 4) is 116 Å². The minimum Gasteiger partial charge on any atom is -0.872 e. The summed E-state index contributed by atoms with van der Waals surface area (Å²) in [7, 11) is 0. The molecule has 0 N–H and O–H groups in total. The zero-order valence-corrected chi connectivity index (χ0v) is 56.5. The third-order valence-corrected chi connectivity index (χ3v) is 15.5. The maximum atomic E-state index is 12.2. The molecule has 9 aromatic heterocycles. The fraction of sp³-hybridized carbons (Fsp3) is 0.0147. The molecular weight excluding hydrogens is 1310 g/mol. The van der Waals surface area contributed by atoms with Crippen LogP contribution < -0.4 is 25.5 Å². The van der Waals surface area contributed by atoms with E-state index in [1.165, 1.54) is 23.2 Å². The number of pyridine rings is 3. The van der Waals surface area contributed by atoms with E-state index < -0.39 is 0 Å². The Morgan fingerprint density at radius 2 is 0.954 bits per heavy atom. The summed E-state index contributed by atoms with van der Waals surface area (Å²) >= 11 is 4.80. The summed E-state index contributed by atoms with van der Waals surface area (Å²) in [4.78, 5) is 17.3. The van der Waals surface area contributed by atoms with Gasteiger partial charge in [-0.05, 0) is 119 Å². The molecule has 87 heavy (non-hydrogen) atoms. The Labute approximate surface area is 562 Å². The van der Waals surface area contributed by atoms with Crippen LogP contribution in [0, 0.1) is 6.92 Å². The van der Waals surface area contributed by atoms with Gasteiger partial charge in [-0.25, -0.2) is 0 Å². The van der Waals surface area contributed by atoms with Crippen LogP contribution in [0.5, 0.6) is 28.9 Å². The summed E-state index contributed by atoms with van der Waals surface area (Å²) in [5, 5.41) is 62.4. The zero-order valence-electron chi connectivity index (χ0n) is 46.8. The summed E-state index contributed by atoms with van der Waals surface area (Å²) in [6.45, 7) is 2.06. The average molecular weight is 1360 g/mol. The molecule has 0 aliphatic rings. The van der Waals surface area contributed by atoms with E-state index in [9.17, 15) is 25.5 Å². The summed E-state index contributed by atoms with van der Waals surface area (Å²) in [5.41, 5.74) is 5.06. The van der Waals surface area contributed by atoms with Crippen molar-refractivity contribution in [1.82, 2.24) is 15.0 Å². The third-order valence-electron chi connectivity index (χ3n) is 12.3.